The highest BCUT2D eigenvalue weighted by Gasteiger charge is 2.40. The number of hydrogen-bond acceptors (Lipinski definition) is 2. The van der Waals surface area contributed by atoms with E-state index >= 15 is 0 Å². The molecule has 1 amide bonds. The molecule has 1 fully saturated rings. The van der Waals surface area contributed by atoms with Crippen molar-refractivity contribution in [1.82, 2.24) is 4.90 Å². The van der Waals surface area contributed by atoms with Crippen molar-refractivity contribution >= 4 is 11.9 Å². The van der Waals surface area contributed by atoms with Gasteiger partial charge in [-0.3, -0.25) is 9.59 Å². The molecule has 1 heterocycles. The van der Waals surface area contributed by atoms with Gasteiger partial charge in [0, 0.05) is 24.6 Å². The molecule has 0 aliphatic carbocycles. The van der Waals surface area contributed by atoms with Crippen LogP contribution in [-0.4, -0.2) is 35.0 Å². The molecular weight excluding hydrogens is 302 g/mol. The number of likely N-dealkylation sites (tertiary alicyclic amines) is 1. The molecule has 1 aliphatic heterocycles. The maximum Gasteiger partial charge on any atom is 0.308 e. The van der Waals surface area contributed by atoms with Gasteiger partial charge in [0.2, 0.25) is 0 Å². The zero-order valence-electron chi connectivity index (χ0n) is 13.9. The van der Waals surface area contributed by atoms with E-state index in [2.05, 4.69) is 0 Å². The van der Waals surface area contributed by atoms with Crippen LogP contribution in [0.25, 0.3) is 0 Å². The summed E-state index contributed by atoms with van der Waals surface area (Å²) in [4.78, 5) is 26.2. The zero-order chi connectivity index (χ0) is 17.3. The number of aliphatic carboxylic acids is 1. The van der Waals surface area contributed by atoms with Gasteiger partial charge in [0.25, 0.3) is 5.91 Å². The minimum Gasteiger partial charge on any atom is -0.481 e. The van der Waals surface area contributed by atoms with Crippen molar-refractivity contribution in [2.45, 2.75) is 19.8 Å². The lowest BCUT2D eigenvalue weighted by atomic mass is 9.89. The number of carbonyl (C=O) groups excluding carboxylic acids is 1. The fourth-order valence-corrected chi connectivity index (χ4v) is 3.41. The first-order valence-electron chi connectivity index (χ1n) is 8.12. The summed E-state index contributed by atoms with van der Waals surface area (Å²) < 4.78 is 0. The highest BCUT2D eigenvalue weighted by Crippen LogP contribution is 2.34. The third kappa shape index (κ3) is 2.92. The van der Waals surface area contributed by atoms with Crippen LogP contribution in [0.5, 0.6) is 0 Å². The minimum absolute atomic E-state index is 0.0825. The van der Waals surface area contributed by atoms with Gasteiger partial charge in [-0.2, -0.15) is 0 Å². The molecule has 0 radical (unpaired) electrons. The summed E-state index contributed by atoms with van der Waals surface area (Å²) >= 11 is 0. The van der Waals surface area contributed by atoms with E-state index in [1.807, 2.05) is 62.4 Å². The summed E-state index contributed by atoms with van der Waals surface area (Å²) in [6, 6.07) is 15.3. The molecule has 2 aromatic carbocycles. The second-order valence-corrected chi connectivity index (χ2v) is 6.42. The molecule has 4 heteroatoms. The van der Waals surface area contributed by atoms with Gasteiger partial charge in [-0.15, -0.1) is 0 Å². The third-order valence-electron chi connectivity index (χ3n) is 4.99. The van der Waals surface area contributed by atoms with Gasteiger partial charge in [-0.25, -0.2) is 0 Å². The standard InChI is InChI=1S/C20H21NO3/c1-13-7-6-10-16(14(13)2)19(22)21-11-17(18(12-21)20(23)24)15-8-4-3-5-9-15/h3-10,17-18H,11-12H2,1-2H3,(H,23,24). The Hall–Kier alpha value is -2.62. The fourth-order valence-electron chi connectivity index (χ4n) is 3.41. The van der Waals surface area contributed by atoms with Gasteiger partial charge in [-0.05, 0) is 36.6 Å². The number of aryl methyl sites for hydroxylation is 1. The molecule has 0 bridgehead atoms. The van der Waals surface area contributed by atoms with Crippen molar-refractivity contribution in [3.05, 3.63) is 70.8 Å². The Balaban J connectivity index is 1.89. The van der Waals surface area contributed by atoms with Crippen LogP contribution in [0.1, 0.15) is 33.0 Å². The van der Waals surface area contributed by atoms with E-state index in [-0.39, 0.29) is 18.4 Å². The van der Waals surface area contributed by atoms with E-state index in [1.165, 1.54) is 0 Å². The van der Waals surface area contributed by atoms with Crippen LogP contribution in [0.4, 0.5) is 0 Å². The van der Waals surface area contributed by atoms with Gasteiger partial charge in [0.05, 0.1) is 5.92 Å². The van der Waals surface area contributed by atoms with Crippen molar-refractivity contribution in [3.8, 4) is 0 Å². The van der Waals surface area contributed by atoms with Crippen molar-refractivity contribution in [3.63, 3.8) is 0 Å². The van der Waals surface area contributed by atoms with E-state index in [9.17, 15) is 14.7 Å². The largest absolute Gasteiger partial charge is 0.481 e. The zero-order valence-corrected chi connectivity index (χ0v) is 13.9. The summed E-state index contributed by atoms with van der Waals surface area (Å²) in [5.74, 6) is -1.67. The Kier molecular flexibility index (Phi) is 4.38. The third-order valence-corrected chi connectivity index (χ3v) is 4.99. The van der Waals surface area contributed by atoms with E-state index in [1.54, 1.807) is 4.90 Å². The van der Waals surface area contributed by atoms with Crippen LogP contribution in [0.15, 0.2) is 48.5 Å². The molecule has 0 aromatic heterocycles. The number of carboxylic acid groups (broad SMARTS) is 1. The molecule has 2 aromatic rings. The summed E-state index contributed by atoms with van der Waals surface area (Å²) in [5.41, 5.74) is 3.65. The van der Waals surface area contributed by atoms with Crippen molar-refractivity contribution in [2.24, 2.45) is 5.92 Å². The number of carbonyl (C=O) groups is 2. The number of amides is 1. The molecule has 2 atom stereocenters. The first kappa shape index (κ1) is 16.2. The predicted molar refractivity (Wildman–Crippen MR) is 92.1 cm³/mol. The highest BCUT2D eigenvalue weighted by atomic mass is 16.4. The van der Waals surface area contributed by atoms with E-state index < -0.39 is 11.9 Å². The maximum absolute atomic E-state index is 12.9. The number of rotatable bonds is 3. The van der Waals surface area contributed by atoms with Gasteiger partial charge >= 0.3 is 5.97 Å². The summed E-state index contributed by atoms with van der Waals surface area (Å²) in [6.45, 7) is 4.60. The van der Waals surface area contributed by atoms with Crippen molar-refractivity contribution in [2.75, 3.05) is 13.1 Å². The molecular formula is C20H21NO3. The van der Waals surface area contributed by atoms with E-state index in [4.69, 9.17) is 0 Å². The van der Waals surface area contributed by atoms with Crippen LogP contribution in [0.2, 0.25) is 0 Å². The molecule has 1 saturated heterocycles. The van der Waals surface area contributed by atoms with Crippen LogP contribution < -0.4 is 0 Å². The molecule has 2 unspecified atom stereocenters. The monoisotopic (exact) mass is 323 g/mol. The number of hydrogen-bond donors (Lipinski definition) is 1. The second-order valence-electron chi connectivity index (χ2n) is 6.42. The van der Waals surface area contributed by atoms with E-state index in [0.29, 0.717) is 12.1 Å². The molecule has 1 aliphatic rings. The average Bonchev–Trinajstić information content (AvgIpc) is 3.03. The Bertz CT molecular complexity index is 770. The molecule has 4 nitrogen and oxygen atoms in total. The van der Waals surface area contributed by atoms with Crippen LogP contribution in [-0.2, 0) is 4.79 Å². The van der Waals surface area contributed by atoms with Crippen LogP contribution in [0, 0.1) is 19.8 Å². The number of benzene rings is 2. The lowest BCUT2D eigenvalue weighted by Gasteiger charge is -2.18. The summed E-state index contributed by atoms with van der Waals surface area (Å²) in [5, 5.41) is 9.58. The molecule has 24 heavy (non-hydrogen) atoms. The minimum atomic E-state index is -0.847. The lowest BCUT2D eigenvalue weighted by Crippen LogP contribution is -2.30. The molecule has 1 N–H and O–H groups in total. The summed E-state index contributed by atoms with van der Waals surface area (Å²) in [7, 11) is 0. The Morgan fingerprint density at radius 1 is 1.00 bits per heavy atom. The quantitative estimate of drug-likeness (QED) is 0.943. The summed E-state index contributed by atoms with van der Waals surface area (Å²) in [6.07, 6.45) is 0. The Morgan fingerprint density at radius 3 is 2.38 bits per heavy atom. The lowest BCUT2D eigenvalue weighted by molar-refractivity contribution is -0.141. The average molecular weight is 323 g/mol. The molecule has 3 rings (SSSR count). The number of carboxylic acids is 1. The highest BCUT2D eigenvalue weighted by molar-refractivity contribution is 5.96. The number of nitrogens with zero attached hydrogens (tertiary/aromatic N) is 1. The van der Waals surface area contributed by atoms with Crippen molar-refractivity contribution in [1.29, 1.82) is 0 Å². The fraction of sp³-hybridized carbons (Fsp3) is 0.300. The molecule has 0 spiro atoms. The predicted octanol–water partition coefficient (Wildman–Crippen LogP) is 3.24. The smallest absolute Gasteiger partial charge is 0.308 e. The maximum atomic E-state index is 12.9. The van der Waals surface area contributed by atoms with E-state index in [0.717, 1.165) is 16.7 Å². The first-order valence-corrected chi connectivity index (χ1v) is 8.12. The van der Waals surface area contributed by atoms with Crippen LogP contribution in [0.3, 0.4) is 0 Å². The second kappa shape index (κ2) is 6.48. The van der Waals surface area contributed by atoms with Gasteiger partial charge in [-0.1, -0.05) is 42.5 Å². The first-order chi connectivity index (χ1) is 11.5. The van der Waals surface area contributed by atoms with Gasteiger partial charge in [0.15, 0.2) is 0 Å². The van der Waals surface area contributed by atoms with Gasteiger partial charge < -0.3 is 10.0 Å². The molecule has 124 valence electrons. The Morgan fingerprint density at radius 2 is 1.71 bits per heavy atom. The van der Waals surface area contributed by atoms with Gasteiger partial charge in [0.1, 0.15) is 0 Å². The van der Waals surface area contributed by atoms with Crippen molar-refractivity contribution < 1.29 is 14.7 Å². The molecule has 0 saturated carbocycles. The SMILES string of the molecule is Cc1cccc(C(=O)N2CC(C(=O)O)C(c3ccccc3)C2)c1C. The topological polar surface area (TPSA) is 57.6 Å². The Labute approximate surface area is 141 Å². The van der Waals surface area contributed by atoms with Crippen LogP contribution >= 0.6 is 0 Å². The normalized spacial score (nSPS) is 20.2.